The predicted molar refractivity (Wildman–Crippen MR) is 74.3 cm³/mol. The molecule has 102 valence electrons. The molecule has 0 bridgehead atoms. The third kappa shape index (κ3) is 3.76. The van der Waals surface area contributed by atoms with E-state index in [9.17, 15) is 4.79 Å². The fraction of sp³-hybridized carbons (Fsp3) is 0.583. The number of hydrogen-bond donors (Lipinski definition) is 2. The lowest BCUT2D eigenvalue weighted by Gasteiger charge is -2.25. The molecule has 0 aliphatic heterocycles. The first-order chi connectivity index (χ1) is 8.63. The molecule has 0 aromatic carbocycles. The van der Waals surface area contributed by atoms with Crippen molar-refractivity contribution >= 4 is 17.7 Å². The van der Waals surface area contributed by atoms with E-state index in [0.29, 0.717) is 23.9 Å². The molecule has 5 nitrogen and oxygen atoms in total. The largest absolute Gasteiger partial charge is 0.467 e. The topological polar surface area (TPSA) is 71.5 Å². The van der Waals surface area contributed by atoms with Crippen LogP contribution in [0, 0.1) is 0 Å². The van der Waals surface area contributed by atoms with E-state index in [4.69, 9.17) is 10.3 Å². The zero-order valence-corrected chi connectivity index (χ0v) is 11.9. The van der Waals surface area contributed by atoms with Gasteiger partial charge in [0.2, 0.25) is 0 Å². The number of hydrazine groups is 1. The summed E-state index contributed by atoms with van der Waals surface area (Å²) in [5.74, 6) is 6.54. The van der Waals surface area contributed by atoms with E-state index >= 15 is 0 Å². The highest BCUT2D eigenvalue weighted by molar-refractivity contribution is 7.98. The summed E-state index contributed by atoms with van der Waals surface area (Å²) < 4.78 is 5.37. The molecule has 0 saturated carbocycles. The Labute approximate surface area is 112 Å². The number of carbonyl (C=O) groups excluding carboxylic acids is 1. The number of carbonyl (C=O) groups is 1. The Kier molecular flexibility index (Phi) is 6.24. The minimum absolute atomic E-state index is 0.315. The third-order valence-corrected chi connectivity index (χ3v) is 3.69. The highest BCUT2D eigenvalue weighted by Gasteiger charge is 2.18. The molecular weight excluding hydrogens is 250 g/mol. The molecule has 1 unspecified atom stereocenters. The third-order valence-electron chi connectivity index (χ3n) is 2.97. The van der Waals surface area contributed by atoms with E-state index in [1.165, 1.54) is 6.26 Å². The molecule has 1 amide bonds. The smallest absolute Gasteiger partial charge is 0.268 e. The van der Waals surface area contributed by atoms with Crippen molar-refractivity contribution < 1.29 is 9.21 Å². The highest BCUT2D eigenvalue weighted by atomic mass is 32.2. The molecule has 0 aliphatic rings. The van der Waals surface area contributed by atoms with Crippen molar-refractivity contribution in [2.45, 2.75) is 25.9 Å². The van der Waals surface area contributed by atoms with Crippen LogP contribution < -0.4 is 11.3 Å². The van der Waals surface area contributed by atoms with E-state index in [-0.39, 0.29) is 5.91 Å². The fourth-order valence-electron chi connectivity index (χ4n) is 1.85. The van der Waals surface area contributed by atoms with E-state index in [1.54, 1.807) is 6.07 Å². The van der Waals surface area contributed by atoms with E-state index < -0.39 is 0 Å². The number of nitrogens with two attached hydrogens (primary N) is 1. The Morgan fingerprint density at radius 3 is 2.94 bits per heavy atom. The summed E-state index contributed by atoms with van der Waals surface area (Å²) in [6.45, 7) is 2.77. The Morgan fingerprint density at radius 1 is 1.67 bits per heavy atom. The first kappa shape index (κ1) is 15.1. The van der Waals surface area contributed by atoms with Crippen molar-refractivity contribution in [2.24, 2.45) is 5.84 Å². The molecule has 0 radical (unpaired) electrons. The van der Waals surface area contributed by atoms with Crippen LogP contribution in [0.2, 0.25) is 0 Å². The molecule has 0 saturated heterocycles. The average Bonchev–Trinajstić information content (AvgIpc) is 2.82. The number of thioether (sulfide) groups is 1. The lowest BCUT2D eigenvalue weighted by molar-refractivity contribution is 0.0949. The number of nitrogen functional groups attached to an aromatic ring is 1. The molecule has 1 aromatic heterocycles. The van der Waals surface area contributed by atoms with Crippen molar-refractivity contribution in [1.82, 2.24) is 10.3 Å². The van der Waals surface area contributed by atoms with Gasteiger partial charge in [0.25, 0.3) is 5.91 Å². The second-order valence-electron chi connectivity index (χ2n) is 4.16. The van der Waals surface area contributed by atoms with Crippen LogP contribution in [-0.4, -0.2) is 35.9 Å². The van der Waals surface area contributed by atoms with Gasteiger partial charge in [0.1, 0.15) is 5.76 Å². The van der Waals surface area contributed by atoms with Gasteiger partial charge in [-0.15, -0.1) is 0 Å². The molecule has 0 fully saturated rings. The number of hydrogen-bond acceptors (Lipinski definition) is 5. The molecule has 1 atom stereocenters. The second-order valence-corrected chi connectivity index (χ2v) is 5.07. The van der Waals surface area contributed by atoms with Gasteiger partial charge in [0.15, 0.2) is 0 Å². The molecule has 0 aliphatic carbocycles. The van der Waals surface area contributed by atoms with Gasteiger partial charge in [0, 0.05) is 11.8 Å². The maximum Gasteiger partial charge on any atom is 0.268 e. The van der Waals surface area contributed by atoms with Crippen LogP contribution in [0.3, 0.4) is 0 Å². The summed E-state index contributed by atoms with van der Waals surface area (Å²) in [7, 11) is 2.04. The van der Waals surface area contributed by atoms with Crippen LogP contribution in [0.4, 0.5) is 0 Å². The molecular formula is C12H21N3O2S. The van der Waals surface area contributed by atoms with Crippen molar-refractivity contribution in [3.63, 3.8) is 0 Å². The fourth-order valence-corrected chi connectivity index (χ4v) is 2.72. The van der Waals surface area contributed by atoms with Crippen molar-refractivity contribution in [3.05, 3.63) is 23.7 Å². The number of amides is 1. The lowest BCUT2D eigenvalue weighted by atomic mass is 10.2. The first-order valence-electron chi connectivity index (χ1n) is 5.90. The maximum atomic E-state index is 11.5. The number of nitrogens with zero attached hydrogens (tertiary/aromatic N) is 1. The molecule has 0 spiro atoms. The van der Waals surface area contributed by atoms with Crippen LogP contribution in [0.25, 0.3) is 0 Å². The summed E-state index contributed by atoms with van der Waals surface area (Å²) in [5.41, 5.74) is 2.63. The monoisotopic (exact) mass is 271 g/mol. The number of furan rings is 1. The van der Waals surface area contributed by atoms with Crippen LogP contribution in [0.15, 0.2) is 16.7 Å². The van der Waals surface area contributed by atoms with E-state index in [2.05, 4.69) is 23.5 Å². The number of nitrogens with one attached hydrogen (secondary N) is 1. The summed E-state index contributed by atoms with van der Waals surface area (Å²) in [6, 6.07) is 2.11. The van der Waals surface area contributed by atoms with Gasteiger partial charge in [0.05, 0.1) is 18.4 Å². The summed E-state index contributed by atoms with van der Waals surface area (Å²) in [4.78, 5) is 13.7. The standard InChI is InChI=1S/C12H21N3O2S/c1-4-9(8-18-3)15(2)7-11-10(5-6-17-11)12(16)14-13/h5-6,9H,4,7-8,13H2,1-3H3,(H,14,16). The van der Waals surface area contributed by atoms with E-state index in [1.807, 2.05) is 18.8 Å². The van der Waals surface area contributed by atoms with Gasteiger partial charge in [-0.05, 0) is 25.8 Å². The summed E-state index contributed by atoms with van der Waals surface area (Å²) in [5, 5.41) is 0. The van der Waals surface area contributed by atoms with Gasteiger partial charge in [-0.25, -0.2) is 5.84 Å². The quantitative estimate of drug-likeness (QED) is 0.446. The minimum atomic E-state index is -0.315. The zero-order chi connectivity index (χ0) is 13.5. The Morgan fingerprint density at radius 2 is 2.39 bits per heavy atom. The zero-order valence-electron chi connectivity index (χ0n) is 11.1. The molecule has 18 heavy (non-hydrogen) atoms. The van der Waals surface area contributed by atoms with Crippen LogP contribution >= 0.6 is 11.8 Å². The van der Waals surface area contributed by atoms with Gasteiger partial charge < -0.3 is 4.42 Å². The molecule has 3 N–H and O–H groups in total. The van der Waals surface area contributed by atoms with Crippen molar-refractivity contribution in [3.8, 4) is 0 Å². The van der Waals surface area contributed by atoms with Gasteiger partial charge in [-0.3, -0.25) is 15.1 Å². The average molecular weight is 271 g/mol. The van der Waals surface area contributed by atoms with Crippen LogP contribution in [-0.2, 0) is 6.54 Å². The summed E-state index contributed by atoms with van der Waals surface area (Å²) in [6.07, 6.45) is 4.68. The first-order valence-corrected chi connectivity index (χ1v) is 7.29. The normalized spacial score (nSPS) is 12.7. The number of rotatable bonds is 7. The van der Waals surface area contributed by atoms with E-state index in [0.717, 1.165) is 12.2 Å². The van der Waals surface area contributed by atoms with Crippen LogP contribution in [0.5, 0.6) is 0 Å². The molecule has 6 heteroatoms. The predicted octanol–water partition coefficient (Wildman–Crippen LogP) is 1.46. The second kappa shape index (κ2) is 7.45. The van der Waals surface area contributed by atoms with Crippen LogP contribution in [0.1, 0.15) is 29.5 Å². The lowest BCUT2D eigenvalue weighted by Crippen LogP contribution is -2.34. The molecule has 1 aromatic rings. The van der Waals surface area contributed by atoms with Crippen molar-refractivity contribution in [1.29, 1.82) is 0 Å². The summed E-state index contributed by atoms with van der Waals surface area (Å²) >= 11 is 1.82. The maximum absolute atomic E-state index is 11.5. The molecule has 1 heterocycles. The highest BCUT2D eigenvalue weighted by Crippen LogP contribution is 2.16. The minimum Gasteiger partial charge on any atom is -0.467 e. The molecule has 1 rings (SSSR count). The van der Waals surface area contributed by atoms with Crippen molar-refractivity contribution in [2.75, 3.05) is 19.1 Å². The van der Waals surface area contributed by atoms with Gasteiger partial charge >= 0.3 is 0 Å². The Balaban J connectivity index is 2.72. The SMILES string of the molecule is CCC(CSC)N(C)Cc1occc1C(=O)NN. The van der Waals surface area contributed by atoms with Gasteiger partial charge in [-0.2, -0.15) is 11.8 Å². The Hall–Kier alpha value is -0.980. The Bertz CT molecular complexity index is 381. The van der Waals surface area contributed by atoms with Gasteiger partial charge in [-0.1, -0.05) is 6.92 Å².